The molecule has 1 saturated heterocycles. The van der Waals surface area contributed by atoms with Crippen LogP contribution in [0.2, 0.25) is 0 Å². The van der Waals surface area contributed by atoms with Gasteiger partial charge in [-0.1, -0.05) is 0 Å². The lowest BCUT2D eigenvalue weighted by Gasteiger charge is -2.32. The van der Waals surface area contributed by atoms with E-state index in [0.717, 1.165) is 11.4 Å². The second-order valence-electron chi connectivity index (χ2n) is 5.70. The largest absolute Gasteiger partial charge is 0.516 e. The molecule has 1 aromatic heterocycles. The quantitative estimate of drug-likeness (QED) is 0.538. The van der Waals surface area contributed by atoms with E-state index in [-0.39, 0.29) is 18.3 Å². The van der Waals surface area contributed by atoms with E-state index >= 15 is 0 Å². The molecule has 0 spiro atoms. The van der Waals surface area contributed by atoms with Crippen LogP contribution in [0, 0.1) is 6.92 Å². The first-order chi connectivity index (χ1) is 8.96. The first kappa shape index (κ1) is 17.2. The van der Waals surface area contributed by atoms with Gasteiger partial charge >= 0.3 is 7.12 Å². The van der Waals surface area contributed by atoms with Crippen LogP contribution in [0.3, 0.4) is 0 Å². The zero-order chi connectivity index (χ0) is 15.7. The smallest absolute Gasteiger partial charge is 0.398 e. The SMILES string of the molecule is Cc1nc(B2OC(C)(C)C(C)(C)O2)cn1C.N[SH](=O)=O. The van der Waals surface area contributed by atoms with Gasteiger partial charge in [0.05, 0.1) is 16.8 Å². The van der Waals surface area contributed by atoms with Crippen LogP contribution in [0.5, 0.6) is 0 Å². The van der Waals surface area contributed by atoms with Crippen LogP contribution in [0.25, 0.3) is 0 Å². The molecular weight excluding hydrogens is 281 g/mol. The molecule has 2 N–H and O–H groups in total. The monoisotopic (exact) mass is 303 g/mol. The summed E-state index contributed by atoms with van der Waals surface area (Å²) in [6.07, 6.45) is 1.96. The molecule has 1 aliphatic heterocycles. The molecule has 0 bridgehead atoms. The van der Waals surface area contributed by atoms with Crippen LogP contribution in [0.15, 0.2) is 6.20 Å². The van der Waals surface area contributed by atoms with Crippen molar-refractivity contribution in [3.63, 3.8) is 0 Å². The van der Waals surface area contributed by atoms with Crippen molar-refractivity contribution in [3.8, 4) is 0 Å². The fraction of sp³-hybridized carbons (Fsp3) is 0.727. The fourth-order valence-corrected chi connectivity index (χ4v) is 1.66. The summed E-state index contributed by atoms with van der Waals surface area (Å²) >= 11 is 0. The van der Waals surface area contributed by atoms with Crippen molar-refractivity contribution in [2.24, 2.45) is 12.2 Å². The third-order valence-corrected chi connectivity index (χ3v) is 3.62. The van der Waals surface area contributed by atoms with E-state index in [1.54, 1.807) is 0 Å². The van der Waals surface area contributed by atoms with Crippen LogP contribution >= 0.6 is 0 Å². The molecule has 0 aromatic carbocycles. The minimum absolute atomic E-state index is 0.302. The molecule has 0 unspecified atom stereocenters. The third-order valence-electron chi connectivity index (χ3n) is 3.62. The average Bonchev–Trinajstić information content (AvgIpc) is 2.66. The lowest BCUT2D eigenvalue weighted by atomic mass is 9.86. The molecule has 7 nitrogen and oxygen atoms in total. The molecule has 0 amide bonds. The topological polar surface area (TPSA) is 96.4 Å². The summed E-state index contributed by atoms with van der Waals surface area (Å²) in [6, 6.07) is 0. The highest BCUT2D eigenvalue weighted by molar-refractivity contribution is 7.69. The molecule has 0 saturated carbocycles. The Kier molecular flexibility index (Phi) is 5.01. The van der Waals surface area contributed by atoms with E-state index in [0.29, 0.717) is 0 Å². The number of hydrogen-bond donors (Lipinski definition) is 2. The van der Waals surface area contributed by atoms with Crippen molar-refractivity contribution in [1.82, 2.24) is 9.55 Å². The average molecular weight is 303 g/mol. The molecular formula is C11H22BN3O4S. The Hall–Kier alpha value is -0.895. The normalized spacial score (nSPS) is 19.9. The standard InChI is InChI=1S/C11H19BN2O2.H3NO2S/c1-8-13-9(7-14(8)6)12-15-10(2,3)11(4,5)16-12;1-4(2)3/h7H,1-6H3;4H,(H2,1,2,3). The van der Waals surface area contributed by atoms with Gasteiger partial charge in [0.15, 0.2) is 10.9 Å². The molecule has 2 rings (SSSR count). The Labute approximate surface area is 121 Å². The maximum absolute atomic E-state index is 8.81. The van der Waals surface area contributed by atoms with Gasteiger partial charge in [-0.2, -0.15) is 0 Å². The number of thiol groups is 1. The Morgan fingerprint density at radius 1 is 1.25 bits per heavy atom. The second kappa shape index (κ2) is 5.84. The van der Waals surface area contributed by atoms with Crippen molar-refractivity contribution in [3.05, 3.63) is 12.0 Å². The minimum Gasteiger partial charge on any atom is -0.398 e. The maximum atomic E-state index is 8.81. The number of aryl methyl sites for hydroxylation is 2. The van der Waals surface area contributed by atoms with Crippen LogP contribution in [0.1, 0.15) is 33.5 Å². The van der Waals surface area contributed by atoms with E-state index in [1.807, 2.05) is 52.4 Å². The summed E-state index contributed by atoms with van der Waals surface area (Å²) in [6.45, 7) is 10.1. The molecule has 1 aliphatic rings. The number of nitrogens with zero attached hydrogens (tertiary/aromatic N) is 2. The molecule has 20 heavy (non-hydrogen) atoms. The van der Waals surface area contributed by atoms with Gasteiger partial charge in [-0.15, -0.1) is 0 Å². The van der Waals surface area contributed by atoms with Gasteiger partial charge in [0.1, 0.15) is 5.82 Å². The van der Waals surface area contributed by atoms with Gasteiger partial charge in [0.25, 0.3) is 0 Å². The Morgan fingerprint density at radius 2 is 1.65 bits per heavy atom. The van der Waals surface area contributed by atoms with Crippen molar-refractivity contribution in [2.75, 3.05) is 0 Å². The number of aromatic nitrogens is 2. The lowest BCUT2D eigenvalue weighted by molar-refractivity contribution is 0.00578. The van der Waals surface area contributed by atoms with E-state index in [2.05, 4.69) is 10.1 Å². The van der Waals surface area contributed by atoms with Crippen LogP contribution in [-0.4, -0.2) is 36.3 Å². The molecule has 0 radical (unpaired) electrons. The first-order valence-corrected chi connectivity index (χ1v) is 7.45. The maximum Gasteiger partial charge on any atom is 0.516 e. The number of nitrogens with two attached hydrogens (primary N) is 1. The highest BCUT2D eigenvalue weighted by Crippen LogP contribution is 2.36. The van der Waals surface area contributed by atoms with Crippen molar-refractivity contribution < 1.29 is 17.7 Å². The Bertz CT molecular complexity index is 510. The van der Waals surface area contributed by atoms with Crippen LogP contribution in [-0.2, 0) is 27.2 Å². The van der Waals surface area contributed by atoms with Gasteiger partial charge < -0.3 is 13.9 Å². The highest BCUT2D eigenvalue weighted by Gasteiger charge is 2.52. The van der Waals surface area contributed by atoms with Gasteiger partial charge in [-0.25, -0.2) is 18.5 Å². The van der Waals surface area contributed by atoms with E-state index < -0.39 is 10.9 Å². The van der Waals surface area contributed by atoms with Gasteiger partial charge in [0.2, 0.25) is 0 Å². The molecule has 2 heterocycles. The minimum atomic E-state index is -2.62. The number of imidazole rings is 1. The summed E-state index contributed by atoms with van der Waals surface area (Å²) in [7, 11) is -1.01. The Morgan fingerprint density at radius 3 is 1.95 bits per heavy atom. The van der Waals surface area contributed by atoms with Crippen molar-refractivity contribution in [2.45, 2.75) is 45.8 Å². The predicted octanol–water partition coefficient (Wildman–Crippen LogP) is -0.501. The lowest BCUT2D eigenvalue weighted by Crippen LogP contribution is -2.41. The van der Waals surface area contributed by atoms with E-state index in [4.69, 9.17) is 17.7 Å². The summed E-state index contributed by atoms with van der Waals surface area (Å²) < 4.78 is 31.4. The second-order valence-corrected chi connectivity index (χ2v) is 6.27. The summed E-state index contributed by atoms with van der Waals surface area (Å²) in [5.74, 6) is 0.963. The molecule has 0 aliphatic carbocycles. The van der Waals surface area contributed by atoms with Gasteiger partial charge in [0, 0.05) is 13.2 Å². The zero-order valence-corrected chi connectivity index (χ0v) is 13.6. The number of rotatable bonds is 1. The van der Waals surface area contributed by atoms with Gasteiger partial charge in [-0.05, 0) is 34.6 Å². The molecule has 9 heteroatoms. The zero-order valence-electron chi connectivity index (χ0n) is 12.7. The molecule has 114 valence electrons. The summed E-state index contributed by atoms with van der Waals surface area (Å²) in [5, 5.41) is 4.06. The van der Waals surface area contributed by atoms with Crippen LogP contribution in [0.4, 0.5) is 0 Å². The first-order valence-electron chi connectivity index (χ1n) is 6.21. The molecule has 0 atom stereocenters. The van der Waals surface area contributed by atoms with E-state index in [9.17, 15) is 0 Å². The number of hydrogen-bond acceptors (Lipinski definition) is 5. The Balaban J connectivity index is 0.000000444. The summed E-state index contributed by atoms with van der Waals surface area (Å²) in [4.78, 5) is 4.44. The van der Waals surface area contributed by atoms with Crippen LogP contribution < -0.4 is 10.7 Å². The fourth-order valence-electron chi connectivity index (χ4n) is 1.66. The van der Waals surface area contributed by atoms with E-state index in [1.165, 1.54) is 0 Å². The highest BCUT2D eigenvalue weighted by atomic mass is 32.2. The predicted molar refractivity (Wildman–Crippen MR) is 78.2 cm³/mol. The van der Waals surface area contributed by atoms with Crippen molar-refractivity contribution >= 4 is 23.6 Å². The molecule has 1 aromatic rings. The van der Waals surface area contributed by atoms with Crippen molar-refractivity contribution in [1.29, 1.82) is 0 Å². The third kappa shape index (κ3) is 3.81. The molecule has 1 fully saturated rings. The summed E-state index contributed by atoms with van der Waals surface area (Å²) in [5.41, 5.74) is 0.241. The van der Waals surface area contributed by atoms with Gasteiger partial charge in [-0.3, -0.25) is 0 Å².